The van der Waals surface area contributed by atoms with E-state index in [4.69, 9.17) is 0 Å². The minimum atomic E-state index is 0.135. The lowest BCUT2D eigenvalue weighted by Gasteiger charge is -2.39. The van der Waals surface area contributed by atoms with E-state index in [-0.39, 0.29) is 5.54 Å². The van der Waals surface area contributed by atoms with Crippen LogP contribution in [0.4, 0.5) is 0 Å². The fourth-order valence-corrected chi connectivity index (χ4v) is 4.75. The molecular weight excluding hydrogens is 306 g/mol. The fraction of sp³-hybridized carbons (Fsp3) is 0.722. The van der Waals surface area contributed by atoms with E-state index in [2.05, 4.69) is 45.6 Å². The summed E-state index contributed by atoms with van der Waals surface area (Å²) in [6, 6.07) is 2.23. The lowest BCUT2D eigenvalue weighted by molar-refractivity contribution is -0.131. The zero-order valence-corrected chi connectivity index (χ0v) is 15.3. The van der Waals surface area contributed by atoms with Gasteiger partial charge >= 0.3 is 0 Å². The van der Waals surface area contributed by atoms with Crippen LogP contribution in [-0.2, 0) is 11.3 Å². The first-order chi connectivity index (χ1) is 11.1. The molecule has 0 radical (unpaired) electrons. The van der Waals surface area contributed by atoms with Crippen molar-refractivity contribution in [3.05, 3.63) is 22.4 Å². The molecule has 1 aromatic heterocycles. The van der Waals surface area contributed by atoms with Crippen molar-refractivity contribution in [2.24, 2.45) is 0 Å². The van der Waals surface area contributed by atoms with Crippen LogP contribution >= 0.6 is 11.3 Å². The van der Waals surface area contributed by atoms with Gasteiger partial charge in [-0.3, -0.25) is 9.69 Å². The van der Waals surface area contributed by atoms with Gasteiger partial charge in [-0.1, -0.05) is 0 Å². The van der Waals surface area contributed by atoms with Crippen LogP contribution < -0.4 is 0 Å². The third-order valence-corrected chi connectivity index (χ3v) is 6.18. The second-order valence-corrected chi connectivity index (χ2v) is 8.11. The number of amides is 1. The van der Waals surface area contributed by atoms with E-state index in [1.54, 1.807) is 11.3 Å². The van der Waals surface area contributed by atoms with Gasteiger partial charge in [-0.05, 0) is 68.7 Å². The van der Waals surface area contributed by atoms with Crippen molar-refractivity contribution in [2.45, 2.75) is 44.2 Å². The van der Waals surface area contributed by atoms with E-state index in [1.165, 1.54) is 18.4 Å². The van der Waals surface area contributed by atoms with Crippen LogP contribution in [0, 0.1) is 0 Å². The fourth-order valence-electron chi connectivity index (χ4n) is 4.09. The first-order valence-corrected chi connectivity index (χ1v) is 9.72. The number of likely N-dealkylation sites (tertiary alicyclic amines) is 2. The third kappa shape index (κ3) is 3.95. The van der Waals surface area contributed by atoms with E-state index < -0.39 is 0 Å². The maximum absolute atomic E-state index is 12.4. The van der Waals surface area contributed by atoms with Crippen molar-refractivity contribution >= 4 is 17.2 Å². The molecule has 23 heavy (non-hydrogen) atoms. The summed E-state index contributed by atoms with van der Waals surface area (Å²) in [4.78, 5) is 19.4. The summed E-state index contributed by atoms with van der Waals surface area (Å²) in [5, 5.41) is 4.41. The van der Waals surface area contributed by atoms with Gasteiger partial charge in [-0.2, -0.15) is 11.3 Å². The molecule has 1 atom stereocenters. The summed E-state index contributed by atoms with van der Waals surface area (Å²) in [7, 11) is 4.17. The number of carbonyl (C=O) groups is 1. The summed E-state index contributed by atoms with van der Waals surface area (Å²) in [5.41, 5.74) is 1.56. The Balaban J connectivity index is 1.63. The van der Waals surface area contributed by atoms with E-state index in [0.29, 0.717) is 5.91 Å². The Labute approximate surface area is 144 Å². The predicted molar refractivity (Wildman–Crippen MR) is 95.7 cm³/mol. The van der Waals surface area contributed by atoms with Crippen LogP contribution in [0.5, 0.6) is 0 Å². The first-order valence-electron chi connectivity index (χ1n) is 8.78. The van der Waals surface area contributed by atoms with Crippen molar-refractivity contribution in [1.82, 2.24) is 14.7 Å². The van der Waals surface area contributed by atoms with Crippen molar-refractivity contribution in [2.75, 3.05) is 40.3 Å². The molecule has 0 aromatic carbocycles. The van der Waals surface area contributed by atoms with Crippen LogP contribution in [0.3, 0.4) is 0 Å². The van der Waals surface area contributed by atoms with Crippen LogP contribution in [0.25, 0.3) is 0 Å². The van der Waals surface area contributed by atoms with Crippen LogP contribution in [0.2, 0.25) is 0 Å². The number of carbonyl (C=O) groups excluding carboxylic acids is 1. The first kappa shape index (κ1) is 16.9. The maximum atomic E-state index is 12.4. The minimum Gasteiger partial charge on any atom is -0.336 e. The third-order valence-electron chi connectivity index (χ3n) is 5.44. The Bertz CT molecular complexity index is 516. The summed E-state index contributed by atoms with van der Waals surface area (Å²) in [5.74, 6) is 0.373. The lowest BCUT2D eigenvalue weighted by Crippen LogP contribution is -2.48. The van der Waals surface area contributed by atoms with Crippen molar-refractivity contribution < 1.29 is 4.79 Å². The molecule has 4 nitrogen and oxygen atoms in total. The maximum Gasteiger partial charge on any atom is 0.223 e. The SMILES string of the molecule is CN(C)CCN1C(=O)CC[C@@]12CCCN(Cc1ccsc1)CC2. The monoisotopic (exact) mass is 335 g/mol. The Morgan fingerprint density at radius 2 is 2.13 bits per heavy atom. The van der Waals surface area contributed by atoms with Crippen molar-refractivity contribution in [3.63, 3.8) is 0 Å². The van der Waals surface area contributed by atoms with Crippen LogP contribution in [0.15, 0.2) is 16.8 Å². The summed E-state index contributed by atoms with van der Waals surface area (Å²) in [6.45, 7) is 5.18. The smallest absolute Gasteiger partial charge is 0.223 e. The average Bonchev–Trinajstić information content (AvgIpc) is 3.06. The molecule has 2 saturated heterocycles. The normalized spacial score (nSPS) is 26.4. The molecule has 2 aliphatic heterocycles. The summed E-state index contributed by atoms with van der Waals surface area (Å²) >= 11 is 1.78. The van der Waals surface area contributed by atoms with E-state index in [1.807, 2.05) is 0 Å². The molecule has 0 saturated carbocycles. The molecule has 1 amide bonds. The van der Waals surface area contributed by atoms with Gasteiger partial charge in [0.2, 0.25) is 5.91 Å². The van der Waals surface area contributed by atoms with Gasteiger partial charge in [0, 0.05) is 38.1 Å². The highest BCUT2D eigenvalue weighted by Gasteiger charge is 2.45. The Kier molecular flexibility index (Phi) is 5.39. The zero-order chi connectivity index (χ0) is 16.3. The number of likely N-dealkylation sites (N-methyl/N-ethyl adjacent to an activating group) is 1. The van der Waals surface area contributed by atoms with E-state index in [0.717, 1.165) is 52.0 Å². The number of nitrogens with zero attached hydrogens (tertiary/aromatic N) is 3. The zero-order valence-electron chi connectivity index (χ0n) is 14.5. The van der Waals surface area contributed by atoms with Gasteiger partial charge in [-0.15, -0.1) is 0 Å². The number of thiophene rings is 1. The molecule has 3 rings (SSSR count). The molecule has 128 valence electrons. The quantitative estimate of drug-likeness (QED) is 0.828. The second kappa shape index (κ2) is 7.32. The molecule has 3 heterocycles. The molecule has 0 bridgehead atoms. The standard InChI is InChI=1S/C18H29N3OS/c1-19(2)11-12-21-17(22)4-7-18(21)6-3-9-20(10-8-18)14-16-5-13-23-15-16/h5,13,15H,3-4,6-12,14H2,1-2H3/t18-/m1/s1. The summed E-state index contributed by atoms with van der Waals surface area (Å²) in [6.07, 6.45) is 5.32. The van der Waals surface area contributed by atoms with Crippen LogP contribution in [-0.4, -0.2) is 66.4 Å². The molecule has 1 aromatic rings. The van der Waals surface area contributed by atoms with E-state index >= 15 is 0 Å². The minimum absolute atomic E-state index is 0.135. The average molecular weight is 336 g/mol. The van der Waals surface area contributed by atoms with Gasteiger partial charge in [0.15, 0.2) is 0 Å². The molecule has 0 aliphatic carbocycles. The molecule has 1 spiro atoms. The van der Waals surface area contributed by atoms with Gasteiger partial charge < -0.3 is 9.80 Å². The summed E-state index contributed by atoms with van der Waals surface area (Å²) < 4.78 is 0. The van der Waals surface area contributed by atoms with E-state index in [9.17, 15) is 4.79 Å². The highest BCUT2D eigenvalue weighted by atomic mass is 32.1. The molecular formula is C18H29N3OS. The Morgan fingerprint density at radius 1 is 1.26 bits per heavy atom. The highest BCUT2D eigenvalue weighted by molar-refractivity contribution is 7.07. The topological polar surface area (TPSA) is 26.8 Å². The number of rotatable bonds is 5. The number of hydrogen-bond donors (Lipinski definition) is 0. The Hall–Kier alpha value is -0.910. The number of hydrogen-bond acceptors (Lipinski definition) is 4. The largest absolute Gasteiger partial charge is 0.336 e. The molecule has 0 N–H and O–H groups in total. The Morgan fingerprint density at radius 3 is 2.87 bits per heavy atom. The molecule has 0 unspecified atom stereocenters. The predicted octanol–water partition coefficient (Wildman–Crippen LogP) is 2.66. The highest BCUT2D eigenvalue weighted by Crippen LogP contribution is 2.39. The van der Waals surface area contributed by atoms with Crippen molar-refractivity contribution in [1.29, 1.82) is 0 Å². The second-order valence-electron chi connectivity index (χ2n) is 7.33. The molecule has 5 heteroatoms. The van der Waals surface area contributed by atoms with Gasteiger partial charge in [0.1, 0.15) is 0 Å². The molecule has 2 aliphatic rings. The van der Waals surface area contributed by atoms with Crippen molar-refractivity contribution in [3.8, 4) is 0 Å². The molecule has 2 fully saturated rings. The van der Waals surface area contributed by atoms with Gasteiger partial charge in [-0.25, -0.2) is 0 Å². The van der Waals surface area contributed by atoms with Gasteiger partial charge in [0.25, 0.3) is 0 Å². The van der Waals surface area contributed by atoms with Gasteiger partial charge in [0.05, 0.1) is 0 Å². The van der Waals surface area contributed by atoms with Crippen LogP contribution in [0.1, 0.15) is 37.7 Å². The lowest BCUT2D eigenvalue weighted by atomic mass is 9.87.